The summed E-state index contributed by atoms with van der Waals surface area (Å²) >= 11 is 0. The molecule has 0 radical (unpaired) electrons. The highest BCUT2D eigenvalue weighted by Crippen LogP contribution is 2.18. The van der Waals surface area contributed by atoms with Crippen LogP contribution in [0.5, 0.6) is 5.75 Å². The molecule has 112 valence electrons. The third-order valence-corrected chi connectivity index (χ3v) is 4.10. The predicted octanol–water partition coefficient (Wildman–Crippen LogP) is 3.74. The van der Waals surface area contributed by atoms with Crippen molar-refractivity contribution in [3.8, 4) is 5.75 Å². The van der Waals surface area contributed by atoms with Gasteiger partial charge in [-0.15, -0.1) is 0 Å². The number of methoxy groups -OCH3 is 1. The van der Waals surface area contributed by atoms with Crippen molar-refractivity contribution in [2.45, 2.75) is 20.3 Å². The third kappa shape index (κ3) is 2.50. The van der Waals surface area contributed by atoms with Crippen LogP contribution in [0.25, 0.3) is 10.9 Å². The first-order valence-corrected chi connectivity index (χ1v) is 7.34. The van der Waals surface area contributed by atoms with Crippen LogP contribution in [-0.2, 0) is 6.42 Å². The lowest BCUT2D eigenvalue weighted by atomic mass is 10.00. The van der Waals surface area contributed by atoms with Crippen molar-refractivity contribution in [3.05, 3.63) is 75.1 Å². The van der Waals surface area contributed by atoms with E-state index in [0.717, 1.165) is 39.0 Å². The lowest BCUT2D eigenvalue weighted by Gasteiger charge is -2.10. The Bertz CT molecular complexity index is 876. The molecule has 0 saturated heterocycles. The molecule has 0 fully saturated rings. The fourth-order valence-corrected chi connectivity index (χ4v) is 2.78. The number of aromatic amines is 1. The van der Waals surface area contributed by atoms with E-state index in [-0.39, 0.29) is 5.43 Å². The summed E-state index contributed by atoms with van der Waals surface area (Å²) in [4.78, 5) is 16.2. The predicted molar refractivity (Wildman–Crippen MR) is 89.8 cm³/mol. The van der Waals surface area contributed by atoms with E-state index in [9.17, 15) is 4.79 Å². The van der Waals surface area contributed by atoms with Crippen LogP contribution in [0.3, 0.4) is 0 Å². The highest BCUT2D eigenvalue weighted by Gasteiger charge is 2.11. The minimum atomic E-state index is 0.116. The van der Waals surface area contributed by atoms with E-state index in [1.54, 1.807) is 7.11 Å². The van der Waals surface area contributed by atoms with E-state index in [2.05, 4.69) is 4.98 Å². The van der Waals surface area contributed by atoms with Gasteiger partial charge in [0.2, 0.25) is 0 Å². The molecular formula is C19H19NO2. The maximum Gasteiger partial charge on any atom is 0.193 e. The average Bonchev–Trinajstić information content (AvgIpc) is 2.53. The molecule has 0 amide bonds. The molecule has 0 saturated carbocycles. The summed E-state index contributed by atoms with van der Waals surface area (Å²) in [6.45, 7) is 3.98. The lowest BCUT2D eigenvalue weighted by Crippen LogP contribution is -2.14. The Morgan fingerprint density at radius 3 is 2.45 bits per heavy atom. The summed E-state index contributed by atoms with van der Waals surface area (Å²) in [6.07, 6.45) is 0.620. The summed E-state index contributed by atoms with van der Waals surface area (Å²) in [5, 5.41) is 0.758. The van der Waals surface area contributed by atoms with E-state index in [1.165, 1.54) is 0 Å². The quantitative estimate of drug-likeness (QED) is 0.799. The monoisotopic (exact) mass is 293 g/mol. The van der Waals surface area contributed by atoms with Gasteiger partial charge in [-0.3, -0.25) is 4.79 Å². The molecule has 0 aliphatic rings. The highest BCUT2D eigenvalue weighted by atomic mass is 16.5. The fraction of sp³-hybridized carbons (Fsp3) is 0.211. The number of aromatic nitrogens is 1. The standard InChI is InChI=1S/C19H19NO2/c1-12-5-4-6-16-18(12)20-13(2)17(19(16)21)11-14-7-9-15(22-3)10-8-14/h4-10H,11H2,1-3H3,(H,20,21). The molecule has 3 rings (SSSR count). The molecule has 1 aromatic heterocycles. The lowest BCUT2D eigenvalue weighted by molar-refractivity contribution is 0.414. The van der Waals surface area contributed by atoms with Gasteiger partial charge in [-0.05, 0) is 43.2 Å². The molecule has 3 aromatic rings. The molecule has 1 N–H and O–H groups in total. The molecule has 2 aromatic carbocycles. The van der Waals surface area contributed by atoms with E-state index >= 15 is 0 Å². The first kappa shape index (κ1) is 14.4. The minimum absolute atomic E-state index is 0.116. The van der Waals surface area contributed by atoms with Crippen LogP contribution in [0.4, 0.5) is 0 Å². The van der Waals surface area contributed by atoms with Gasteiger partial charge in [0.25, 0.3) is 0 Å². The number of para-hydroxylation sites is 1. The number of aryl methyl sites for hydroxylation is 2. The van der Waals surface area contributed by atoms with Crippen molar-refractivity contribution in [1.82, 2.24) is 4.98 Å². The summed E-state index contributed by atoms with van der Waals surface area (Å²) < 4.78 is 5.17. The highest BCUT2D eigenvalue weighted by molar-refractivity contribution is 5.82. The number of hydrogen-bond acceptors (Lipinski definition) is 2. The van der Waals surface area contributed by atoms with Gasteiger partial charge in [-0.25, -0.2) is 0 Å². The van der Waals surface area contributed by atoms with E-state index < -0.39 is 0 Å². The SMILES string of the molecule is COc1ccc(Cc2c(C)[nH]c3c(C)cccc3c2=O)cc1. The molecule has 0 aliphatic carbocycles. The second-order valence-corrected chi connectivity index (χ2v) is 5.58. The van der Waals surface area contributed by atoms with Crippen LogP contribution in [0.2, 0.25) is 0 Å². The number of nitrogens with one attached hydrogen (secondary N) is 1. The Morgan fingerprint density at radius 2 is 1.77 bits per heavy atom. The number of rotatable bonds is 3. The molecule has 0 aliphatic heterocycles. The normalized spacial score (nSPS) is 10.9. The molecule has 1 heterocycles. The summed E-state index contributed by atoms with van der Waals surface area (Å²) in [5.41, 5.74) is 5.00. The van der Waals surface area contributed by atoms with Gasteiger partial charge in [0, 0.05) is 23.1 Å². The molecule has 0 bridgehead atoms. The second kappa shape index (κ2) is 5.68. The van der Waals surface area contributed by atoms with Crippen LogP contribution in [-0.4, -0.2) is 12.1 Å². The van der Waals surface area contributed by atoms with E-state index in [0.29, 0.717) is 6.42 Å². The Balaban J connectivity index is 2.08. The van der Waals surface area contributed by atoms with Crippen LogP contribution in [0.15, 0.2) is 47.3 Å². The summed E-state index contributed by atoms with van der Waals surface area (Å²) in [5.74, 6) is 0.823. The summed E-state index contributed by atoms with van der Waals surface area (Å²) in [7, 11) is 1.65. The number of fused-ring (bicyclic) bond motifs is 1. The molecular weight excluding hydrogens is 274 g/mol. The van der Waals surface area contributed by atoms with Crippen LogP contribution >= 0.6 is 0 Å². The number of pyridine rings is 1. The molecule has 3 nitrogen and oxygen atoms in total. The van der Waals surface area contributed by atoms with Gasteiger partial charge in [0.1, 0.15) is 5.75 Å². The zero-order valence-electron chi connectivity index (χ0n) is 13.1. The van der Waals surface area contributed by atoms with Crippen molar-refractivity contribution in [1.29, 1.82) is 0 Å². The zero-order valence-corrected chi connectivity index (χ0v) is 13.1. The third-order valence-electron chi connectivity index (χ3n) is 4.10. The fourth-order valence-electron chi connectivity index (χ4n) is 2.78. The Morgan fingerprint density at radius 1 is 1.05 bits per heavy atom. The Labute approximate surface area is 129 Å². The van der Waals surface area contributed by atoms with Crippen molar-refractivity contribution in [2.75, 3.05) is 7.11 Å². The maximum atomic E-state index is 12.8. The molecule has 0 unspecified atom stereocenters. The van der Waals surface area contributed by atoms with Gasteiger partial charge in [-0.1, -0.05) is 24.3 Å². The van der Waals surface area contributed by atoms with Crippen LogP contribution in [0.1, 0.15) is 22.4 Å². The van der Waals surface area contributed by atoms with Gasteiger partial charge in [0.05, 0.1) is 12.6 Å². The Kier molecular flexibility index (Phi) is 3.72. The largest absolute Gasteiger partial charge is 0.497 e. The number of H-pyrrole nitrogens is 1. The molecule has 22 heavy (non-hydrogen) atoms. The topological polar surface area (TPSA) is 42.1 Å². The van der Waals surface area contributed by atoms with Gasteiger partial charge >= 0.3 is 0 Å². The van der Waals surface area contributed by atoms with Crippen molar-refractivity contribution >= 4 is 10.9 Å². The van der Waals surface area contributed by atoms with E-state index in [1.807, 2.05) is 56.3 Å². The minimum Gasteiger partial charge on any atom is -0.497 e. The van der Waals surface area contributed by atoms with Crippen molar-refractivity contribution < 1.29 is 4.74 Å². The van der Waals surface area contributed by atoms with E-state index in [4.69, 9.17) is 4.74 Å². The van der Waals surface area contributed by atoms with Gasteiger partial charge < -0.3 is 9.72 Å². The van der Waals surface area contributed by atoms with Crippen molar-refractivity contribution in [3.63, 3.8) is 0 Å². The first-order chi connectivity index (χ1) is 10.6. The second-order valence-electron chi connectivity index (χ2n) is 5.58. The van der Waals surface area contributed by atoms with Crippen LogP contribution in [0, 0.1) is 13.8 Å². The number of benzene rings is 2. The summed E-state index contributed by atoms with van der Waals surface area (Å²) in [6, 6.07) is 13.7. The zero-order chi connectivity index (χ0) is 15.7. The molecule has 0 spiro atoms. The number of hydrogen-bond donors (Lipinski definition) is 1. The first-order valence-electron chi connectivity index (χ1n) is 7.34. The van der Waals surface area contributed by atoms with Crippen LogP contribution < -0.4 is 10.2 Å². The number of ether oxygens (including phenoxy) is 1. The van der Waals surface area contributed by atoms with Gasteiger partial charge in [0.15, 0.2) is 5.43 Å². The van der Waals surface area contributed by atoms with Gasteiger partial charge in [-0.2, -0.15) is 0 Å². The van der Waals surface area contributed by atoms with Crippen molar-refractivity contribution in [2.24, 2.45) is 0 Å². The Hall–Kier alpha value is -2.55. The molecule has 0 atom stereocenters. The average molecular weight is 293 g/mol. The smallest absolute Gasteiger partial charge is 0.193 e. The maximum absolute atomic E-state index is 12.8. The molecule has 3 heteroatoms.